The van der Waals surface area contributed by atoms with Gasteiger partial charge in [0.25, 0.3) is 11.8 Å². The summed E-state index contributed by atoms with van der Waals surface area (Å²) < 4.78 is 39.7. The van der Waals surface area contributed by atoms with Crippen molar-refractivity contribution in [2.24, 2.45) is 0 Å². The Bertz CT molecular complexity index is 1150. The van der Waals surface area contributed by atoms with Crippen LogP contribution in [0.15, 0.2) is 65.7 Å². The molecule has 0 saturated carbocycles. The van der Waals surface area contributed by atoms with Crippen molar-refractivity contribution in [3.05, 3.63) is 98.4 Å². The molecule has 0 fully saturated rings. The van der Waals surface area contributed by atoms with E-state index < -0.39 is 23.6 Å². The minimum atomic E-state index is -4.53. The van der Waals surface area contributed by atoms with Crippen molar-refractivity contribution in [1.82, 2.24) is 10.6 Å². The summed E-state index contributed by atoms with van der Waals surface area (Å²) in [6.07, 6.45) is -3.04. The van der Waals surface area contributed by atoms with Crippen molar-refractivity contribution in [3.63, 3.8) is 0 Å². The van der Waals surface area contributed by atoms with Crippen LogP contribution < -0.4 is 10.6 Å². The first-order valence-corrected chi connectivity index (χ1v) is 10.6. The van der Waals surface area contributed by atoms with Gasteiger partial charge in [-0.1, -0.05) is 30.3 Å². The molecule has 1 aromatic heterocycles. The zero-order valence-electron chi connectivity index (χ0n) is 17.4. The van der Waals surface area contributed by atoms with Gasteiger partial charge >= 0.3 is 6.18 Å². The summed E-state index contributed by atoms with van der Waals surface area (Å²) in [4.78, 5) is 26.3. The summed E-state index contributed by atoms with van der Waals surface area (Å²) in [6, 6.07) is 13.8. The van der Waals surface area contributed by atoms with Crippen LogP contribution in [0.5, 0.6) is 0 Å². The van der Waals surface area contributed by atoms with Crippen molar-refractivity contribution in [1.29, 1.82) is 0 Å². The number of hydrogen-bond donors (Lipinski definition) is 2. The largest absolute Gasteiger partial charge is 0.416 e. The second-order valence-corrected chi connectivity index (χ2v) is 8.14. The molecule has 0 aliphatic heterocycles. The Labute approximate surface area is 187 Å². The molecule has 2 aromatic carbocycles. The number of rotatable bonds is 6. The zero-order chi connectivity index (χ0) is 23.3. The molecule has 3 aromatic rings. The van der Waals surface area contributed by atoms with E-state index in [1.165, 1.54) is 35.6 Å². The molecule has 3 rings (SSSR count). The van der Waals surface area contributed by atoms with Crippen LogP contribution in [-0.4, -0.2) is 11.8 Å². The quantitative estimate of drug-likeness (QED) is 0.481. The summed E-state index contributed by atoms with van der Waals surface area (Å²) >= 11 is 1.36. The molecule has 8 heteroatoms. The van der Waals surface area contributed by atoms with Gasteiger partial charge in [-0.3, -0.25) is 9.59 Å². The molecule has 32 heavy (non-hydrogen) atoms. The number of alkyl halides is 3. The van der Waals surface area contributed by atoms with Gasteiger partial charge in [0.1, 0.15) is 5.70 Å². The molecule has 2 amide bonds. The van der Waals surface area contributed by atoms with Crippen molar-refractivity contribution in [2.75, 3.05) is 0 Å². The molecule has 0 bridgehead atoms. The molecule has 1 heterocycles. The predicted molar refractivity (Wildman–Crippen MR) is 119 cm³/mol. The molecule has 0 unspecified atom stereocenters. The highest BCUT2D eigenvalue weighted by Crippen LogP contribution is 2.31. The van der Waals surface area contributed by atoms with Gasteiger partial charge in [0.2, 0.25) is 0 Å². The lowest BCUT2D eigenvalue weighted by atomic mass is 10.1. The third-order valence-electron chi connectivity index (χ3n) is 4.85. The predicted octanol–water partition coefficient (Wildman–Crippen LogP) is 5.47. The molecule has 0 atom stereocenters. The number of nitrogens with one attached hydrogen (secondary N) is 2. The van der Waals surface area contributed by atoms with E-state index in [1.54, 1.807) is 30.3 Å². The number of carbonyl (C=O) groups excluding carboxylic acids is 2. The molecule has 166 valence electrons. The maximum absolute atomic E-state index is 13.2. The fraction of sp³-hybridized carbons (Fsp3) is 0.167. The van der Waals surface area contributed by atoms with Crippen LogP contribution in [0.2, 0.25) is 0 Å². The molecule has 2 N–H and O–H groups in total. The first-order chi connectivity index (χ1) is 15.1. The standard InChI is InChI=1S/C24H21F3N2O2S/c1-15-9-10-17(12-16(15)2)22(30)29-21(13-19-7-5-11-32-19)23(31)28-14-18-6-3-4-8-20(18)24(25,26)27/h3-13H,14H2,1-2H3,(H,28,31)(H,29,30)/b21-13-. The molecule has 0 saturated heterocycles. The van der Waals surface area contributed by atoms with Crippen molar-refractivity contribution in [2.45, 2.75) is 26.6 Å². The van der Waals surface area contributed by atoms with E-state index in [2.05, 4.69) is 10.6 Å². The van der Waals surface area contributed by atoms with E-state index in [4.69, 9.17) is 0 Å². The van der Waals surface area contributed by atoms with Crippen LogP contribution in [0, 0.1) is 13.8 Å². The van der Waals surface area contributed by atoms with Crippen LogP contribution in [-0.2, 0) is 17.5 Å². The molecular weight excluding hydrogens is 437 g/mol. The lowest BCUT2D eigenvalue weighted by molar-refractivity contribution is -0.138. The SMILES string of the molecule is Cc1ccc(C(=O)N/C(=C\c2cccs2)C(=O)NCc2ccccc2C(F)(F)F)cc1C. The summed E-state index contributed by atoms with van der Waals surface area (Å²) in [5.41, 5.74) is 1.39. The number of amides is 2. The maximum Gasteiger partial charge on any atom is 0.416 e. The van der Waals surface area contributed by atoms with Gasteiger partial charge in [0.05, 0.1) is 5.56 Å². The van der Waals surface area contributed by atoms with Gasteiger partial charge in [0.15, 0.2) is 0 Å². The third-order valence-corrected chi connectivity index (χ3v) is 5.67. The molecule has 0 aliphatic carbocycles. The number of halogens is 3. The minimum Gasteiger partial charge on any atom is -0.347 e. The van der Waals surface area contributed by atoms with E-state index in [0.29, 0.717) is 10.4 Å². The van der Waals surface area contributed by atoms with Gasteiger partial charge in [-0.05, 0) is 66.3 Å². The third kappa shape index (κ3) is 5.85. The fourth-order valence-corrected chi connectivity index (χ4v) is 3.63. The minimum absolute atomic E-state index is 0.0554. The number of hydrogen-bond acceptors (Lipinski definition) is 3. The topological polar surface area (TPSA) is 58.2 Å². The van der Waals surface area contributed by atoms with E-state index >= 15 is 0 Å². The Morgan fingerprint density at radius 2 is 1.75 bits per heavy atom. The lowest BCUT2D eigenvalue weighted by Gasteiger charge is -2.15. The average Bonchev–Trinajstić information content (AvgIpc) is 3.26. The van der Waals surface area contributed by atoms with Gasteiger partial charge in [-0.2, -0.15) is 13.2 Å². The molecule has 0 radical (unpaired) electrons. The van der Waals surface area contributed by atoms with Gasteiger partial charge in [-0.15, -0.1) is 11.3 Å². The van der Waals surface area contributed by atoms with Crippen LogP contribution in [0.25, 0.3) is 6.08 Å². The van der Waals surface area contributed by atoms with Crippen LogP contribution in [0.4, 0.5) is 13.2 Å². The molecular formula is C24H21F3N2O2S. The van der Waals surface area contributed by atoms with E-state index in [9.17, 15) is 22.8 Å². The van der Waals surface area contributed by atoms with E-state index in [-0.39, 0.29) is 17.8 Å². The number of carbonyl (C=O) groups is 2. The monoisotopic (exact) mass is 458 g/mol. The Balaban J connectivity index is 1.81. The Kier molecular flexibility index (Phi) is 7.15. The smallest absolute Gasteiger partial charge is 0.347 e. The summed E-state index contributed by atoms with van der Waals surface area (Å²) in [5.74, 6) is -1.17. The van der Waals surface area contributed by atoms with Gasteiger partial charge in [0, 0.05) is 17.0 Å². The second-order valence-electron chi connectivity index (χ2n) is 7.16. The van der Waals surface area contributed by atoms with Crippen LogP contribution in [0.1, 0.15) is 37.5 Å². The molecule has 4 nitrogen and oxygen atoms in total. The van der Waals surface area contributed by atoms with Crippen LogP contribution >= 0.6 is 11.3 Å². The van der Waals surface area contributed by atoms with Crippen LogP contribution in [0.3, 0.4) is 0 Å². The Morgan fingerprint density at radius 3 is 2.41 bits per heavy atom. The highest BCUT2D eigenvalue weighted by Gasteiger charge is 2.32. The summed E-state index contributed by atoms with van der Waals surface area (Å²) in [6.45, 7) is 3.46. The van der Waals surface area contributed by atoms with E-state index in [0.717, 1.165) is 17.2 Å². The number of aryl methyl sites for hydroxylation is 2. The highest BCUT2D eigenvalue weighted by molar-refractivity contribution is 7.10. The molecule has 0 spiro atoms. The second kappa shape index (κ2) is 9.82. The van der Waals surface area contributed by atoms with Gasteiger partial charge in [-0.25, -0.2) is 0 Å². The Morgan fingerprint density at radius 1 is 1.00 bits per heavy atom. The van der Waals surface area contributed by atoms with Crippen molar-refractivity contribution in [3.8, 4) is 0 Å². The lowest BCUT2D eigenvalue weighted by Crippen LogP contribution is -2.35. The fourth-order valence-electron chi connectivity index (χ4n) is 2.97. The normalized spacial score (nSPS) is 11.8. The van der Waals surface area contributed by atoms with E-state index in [1.807, 2.05) is 19.2 Å². The zero-order valence-corrected chi connectivity index (χ0v) is 18.2. The Hall–Kier alpha value is -3.39. The number of benzene rings is 2. The highest BCUT2D eigenvalue weighted by atomic mass is 32.1. The average molecular weight is 459 g/mol. The molecule has 0 aliphatic rings. The maximum atomic E-state index is 13.2. The van der Waals surface area contributed by atoms with Crippen molar-refractivity contribution >= 4 is 29.2 Å². The summed E-state index contributed by atoms with van der Waals surface area (Å²) in [7, 11) is 0. The van der Waals surface area contributed by atoms with Gasteiger partial charge < -0.3 is 10.6 Å². The van der Waals surface area contributed by atoms with Crippen molar-refractivity contribution < 1.29 is 22.8 Å². The first-order valence-electron chi connectivity index (χ1n) is 9.72. The number of thiophene rings is 1. The first kappa shape index (κ1) is 23.3. The summed E-state index contributed by atoms with van der Waals surface area (Å²) in [5, 5.41) is 6.89.